The van der Waals surface area contributed by atoms with Gasteiger partial charge in [-0.25, -0.2) is 24.1 Å². The lowest BCUT2D eigenvalue weighted by molar-refractivity contribution is 0.0577. The van der Waals surface area contributed by atoms with Crippen LogP contribution in [0.5, 0.6) is 5.75 Å². The summed E-state index contributed by atoms with van der Waals surface area (Å²) in [5.74, 6) is 0.186. The summed E-state index contributed by atoms with van der Waals surface area (Å²) in [6, 6.07) is 7.57. The molecule has 0 bridgehead atoms. The Morgan fingerprint density at radius 1 is 1.27 bits per heavy atom. The Kier molecular flexibility index (Phi) is 7.53. The number of rotatable bonds is 7. The second kappa shape index (κ2) is 10.2. The van der Waals surface area contributed by atoms with Gasteiger partial charge in [0.15, 0.2) is 11.0 Å². The molecule has 2 heterocycles. The third kappa shape index (κ3) is 6.64. The first-order valence-electron chi connectivity index (χ1n) is 10.6. The third-order valence-electron chi connectivity index (χ3n) is 4.57. The maximum Gasteiger partial charge on any atom is 0.416 e. The van der Waals surface area contributed by atoms with Gasteiger partial charge in [-0.05, 0) is 52.3 Å². The molecule has 0 saturated carbocycles. The number of ether oxygens (including phenoxy) is 2. The predicted molar refractivity (Wildman–Crippen MR) is 129 cm³/mol. The lowest BCUT2D eigenvalue weighted by atomic mass is 10.2. The molecule has 0 unspecified atom stereocenters. The van der Waals surface area contributed by atoms with Gasteiger partial charge in [-0.15, -0.1) is 11.3 Å². The number of halogens is 1. The number of anilines is 1. The highest BCUT2D eigenvalue weighted by Crippen LogP contribution is 2.29. The van der Waals surface area contributed by atoms with Crippen molar-refractivity contribution in [3.63, 3.8) is 0 Å². The van der Waals surface area contributed by atoms with Crippen molar-refractivity contribution >= 4 is 34.5 Å². The predicted octanol–water partition coefficient (Wildman–Crippen LogP) is 6.34. The Balaban J connectivity index is 1.86. The highest BCUT2D eigenvalue weighted by Gasteiger charge is 2.26. The van der Waals surface area contributed by atoms with Crippen LogP contribution in [0.25, 0.3) is 11.9 Å². The molecule has 0 saturated heterocycles. The van der Waals surface area contributed by atoms with Gasteiger partial charge in [-0.3, -0.25) is 0 Å². The van der Waals surface area contributed by atoms with Gasteiger partial charge in [0.05, 0.1) is 25.7 Å². The van der Waals surface area contributed by atoms with E-state index < -0.39 is 17.5 Å². The Bertz CT molecular complexity index is 1110. The van der Waals surface area contributed by atoms with E-state index in [1.807, 2.05) is 42.7 Å². The van der Waals surface area contributed by atoms with Crippen molar-refractivity contribution in [2.75, 3.05) is 12.0 Å². The molecule has 0 atom stereocenters. The molecule has 2 aromatic heterocycles. The van der Waals surface area contributed by atoms with Crippen LogP contribution in [0, 0.1) is 0 Å². The largest absolute Gasteiger partial charge is 0.497 e. The zero-order valence-corrected chi connectivity index (χ0v) is 20.5. The standard InChI is InChI=1S/C24H29FN4O3S/c1-16(2)28-13-18(26-15-28)11-20(25)21-14-33-22(27-21)29(23(30)32-24(3,4)5)12-17-7-9-19(31-6)10-8-17/h7-11,13-16H,12H2,1-6H3/b20-11-. The zero-order valence-electron chi connectivity index (χ0n) is 19.7. The monoisotopic (exact) mass is 472 g/mol. The van der Waals surface area contributed by atoms with E-state index in [4.69, 9.17) is 9.47 Å². The van der Waals surface area contributed by atoms with Gasteiger partial charge in [0.2, 0.25) is 0 Å². The molecule has 0 fully saturated rings. The number of amides is 1. The summed E-state index contributed by atoms with van der Waals surface area (Å²) in [7, 11) is 1.59. The number of nitrogens with zero attached hydrogens (tertiary/aromatic N) is 4. The normalized spacial score (nSPS) is 12.2. The van der Waals surface area contributed by atoms with E-state index in [0.29, 0.717) is 16.6 Å². The average Bonchev–Trinajstić information content (AvgIpc) is 3.41. The van der Waals surface area contributed by atoms with Gasteiger partial charge < -0.3 is 14.0 Å². The molecule has 1 aromatic carbocycles. The first kappa shape index (κ1) is 24.4. The number of imidazole rings is 1. The van der Waals surface area contributed by atoms with Crippen LogP contribution in [0.1, 0.15) is 57.6 Å². The van der Waals surface area contributed by atoms with Gasteiger partial charge in [-0.1, -0.05) is 12.1 Å². The minimum Gasteiger partial charge on any atom is -0.497 e. The molecule has 0 spiro atoms. The van der Waals surface area contributed by atoms with Gasteiger partial charge in [0.25, 0.3) is 0 Å². The maximum atomic E-state index is 14.9. The lowest BCUT2D eigenvalue weighted by Crippen LogP contribution is -2.36. The van der Waals surface area contributed by atoms with E-state index in [0.717, 1.165) is 5.56 Å². The average molecular weight is 473 g/mol. The Labute approximate surface area is 197 Å². The van der Waals surface area contributed by atoms with Crippen molar-refractivity contribution in [1.29, 1.82) is 0 Å². The number of hydrogen-bond acceptors (Lipinski definition) is 6. The SMILES string of the molecule is COc1ccc(CN(C(=O)OC(C)(C)C)c2nc(/C(F)=C/c3cn(C(C)C)cn3)cs2)cc1. The van der Waals surface area contributed by atoms with E-state index in [1.165, 1.54) is 22.3 Å². The Hall–Kier alpha value is -3.20. The molecule has 9 heteroatoms. The van der Waals surface area contributed by atoms with Crippen molar-refractivity contribution in [3.8, 4) is 5.75 Å². The summed E-state index contributed by atoms with van der Waals surface area (Å²) in [6.07, 6.45) is 4.21. The second-order valence-electron chi connectivity index (χ2n) is 8.76. The van der Waals surface area contributed by atoms with Crippen LogP contribution in [0.3, 0.4) is 0 Å². The Morgan fingerprint density at radius 2 is 1.97 bits per heavy atom. The molecule has 3 aromatic rings. The van der Waals surface area contributed by atoms with Gasteiger partial charge in [0, 0.05) is 23.7 Å². The highest BCUT2D eigenvalue weighted by atomic mass is 32.1. The third-order valence-corrected chi connectivity index (χ3v) is 5.44. The van der Waals surface area contributed by atoms with Gasteiger partial charge in [0.1, 0.15) is 17.0 Å². The van der Waals surface area contributed by atoms with Crippen LogP contribution in [-0.4, -0.2) is 33.3 Å². The van der Waals surface area contributed by atoms with Crippen LogP contribution in [0.4, 0.5) is 14.3 Å². The van der Waals surface area contributed by atoms with E-state index in [-0.39, 0.29) is 18.3 Å². The van der Waals surface area contributed by atoms with Crippen molar-refractivity contribution in [2.45, 2.75) is 52.8 Å². The molecular weight excluding hydrogens is 443 g/mol. The molecule has 1 amide bonds. The number of methoxy groups -OCH3 is 1. The number of benzene rings is 1. The fraction of sp³-hybridized carbons (Fsp3) is 0.375. The minimum atomic E-state index is -0.685. The summed E-state index contributed by atoms with van der Waals surface area (Å²) >= 11 is 1.17. The van der Waals surface area contributed by atoms with Crippen molar-refractivity contribution in [2.24, 2.45) is 0 Å². The van der Waals surface area contributed by atoms with Crippen LogP contribution in [-0.2, 0) is 11.3 Å². The molecule has 0 aliphatic heterocycles. The van der Waals surface area contributed by atoms with Gasteiger partial charge >= 0.3 is 6.09 Å². The fourth-order valence-electron chi connectivity index (χ4n) is 2.85. The molecule has 0 radical (unpaired) electrons. The molecule has 33 heavy (non-hydrogen) atoms. The summed E-state index contributed by atoms with van der Waals surface area (Å²) in [5, 5.41) is 1.91. The van der Waals surface area contributed by atoms with Crippen LogP contribution in [0.2, 0.25) is 0 Å². The van der Waals surface area contributed by atoms with E-state index >= 15 is 0 Å². The fourth-order valence-corrected chi connectivity index (χ4v) is 3.65. The smallest absolute Gasteiger partial charge is 0.416 e. The summed E-state index contributed by atoms with van der Waals surface area (Å²) < 4.78 is 27.6. The second-order valence-corrected chi connectivity index (χ2v) is 9.60. The van der Waals surface area contributed by atoms with E-state index in [1.54, 1.807) is 45.8 Å². The number of thiazole rings is 1. The van der Waals surface area contributed by atoms with E-state index in [9.17, 15) is 9.18 Å². The number of carbonyl (C=O) groups is 1. The Morgan fingerprint density at radius 3 is 2.55 bits per heavy atom. The van der Waals surface area contributed by atoms with Crippen LogP contribution in [0.15, 0.2) is 42.2 Å². The molecule has 7 nitrogen and oxygen atoms in total. The zero-order chi connectivity index (χ0) is 24.2. The highest BCUT2D eigenvalue weighted by molar-refractivity contribution is 7.14. The quantitative estimate of drug-likeness (QED) is 0.401. The lowest BCUT2D eigenvalue weighted by Gasteiger charge is -2.26. The molecule has 176 valence electrons. The topological polar surface area (TPSA) is 69.5 Å². The van der Waals surface area contributed by atoms with Crippen LogP contribution < -0.4 is 9.64 Å². The first-order chi connectivity index (χ1) is 15.6. The first-order valence-corrected chi connectivity index (χ1v) is 11.4. The summed E-state index contributed by atoms with van der Waals surface area (Å²) in [6.45, 7) is 9.64. The van der Waals surface area contributed by atoms with Crippen molar-refractivity contribution in [3.05, 3.63) is 59.1 Å². The van der Waals surface area contributed by atoms with Gasteiger partial charge in [-0.2, -0.15) is 0 Å². The molecular formula is C24H29FN4O3S. The number of hydrogen-bond donors (Lipinski definition) is 0. The molecule has 0 N–H and O–H groups in total. The number of aromatic nitrogens is 3. The minimum absolute atomic E-state index is 0.136. The van der Waals surface area contributed by atoms with E-state index in [2.05, 4.69) is 9.97 Å². The number of carbonyl (C=O) groups excluding carboxylic acids is 1. The maximum absolute atomic E-state index is 14.9. The molecule has 0 aliphatic carbocycles. The molecule has 0 aliphatic rings. The molecule has 3 rings (SSSR count). The summed E-state index contributed by atoms with van der Waals surface area (Å²) in [5.41, 5.74) is 0.805. The van der Waals surface area contributed by atoms with Crippen molar-refractivity contribution < 1.29 is 18.7 Å². The summed E-state index contributed by atoms with van der Waals surface area (Å²) in [4.78, 5) is 22.9. The van der Waals surface area contributed by atoms with Crippen LogP contribution >= 0.6 is 11.3 Å². The van der Waals surface area contributed by atoms with Crippen molar-refractivity contribution in [1.82, 2.24) is 14.5 Å².